The van der Waals surface area contributed by atoms with E-state index >= 15 is 0 Å². The minimum atomic E-state index is -1.01. The molecule has 0 amide bonds. The molecule has 2 rings (SSSR count). The summed E-state index contributed by atoms with van der Waals surface area (Å²) in [6, 6.07) is 5.20. The highest BCUT2D eigenvalue weighted by Gasteiger charge is 2.17. The highest BCUT2D eigenvalue weighted by Crippen LogP contribution is 2.19. The van der Waals surface area contributed by atoms with Crippen LogP contribution in [0.5, 0.6) is 5.88 Å². The Morgan fingerprint density at radius 2 is 2.27 bits per heavy atom. The first-order valence-corrected chi connectivity index (χ1v) is 4.40. The zero-order valence-electron chi connectivity index (χ0n) is 8.39. The van der Waals surface area contributed by atoms with Gasteiger partial charge in [0.1, 0.15) is 5.65 Å². The Labute approximate surface area is 85.9 Å². The van der Waals surface area contributed by atoms with E-state index in [2.05, 4.69) is 4.98 Å². The summed E-state index contributed by atoms with van der Waals surface area (Å²) in [4.78, 5) is 15.2. The molecule has 0 fully saturated rings. The summed E-state index contributed by atoms with van der Waals surface area (Å²) in [5.74, 6) is -0.546. The van der Waals surface area contributed by atoms with Gasteiger partial charge in [-0.1, -0.05) is 6.07 Å². The van der Waals surface area contributed by atoms with E-state index in [1.807, 2.05) is 0 Å². The molecule has 0 aliphatic rings. The summed E-state index contributed by atoms with van der Waals surface area (Å²) in [5, 5.41) is 9.06. The molecule has 0 saturated carbocycles. The number of aromatic carboxylic acids is 1. The first kappa shape index (κ1) is 9.51. The Balaban J connectivity index is 2.88. The third kappa shape index (κ3) is 1.32. The minimum absolute atomic E-state index is 0.141. The second-order valence-corrected chi connectivity index (χ2v) is 3.11. The van der Waals surface area contributed by atoms with Gasteiger partial charge in [0.25, 0.3) is 0 Å². The molecule has 5 heteroatoms. The summed E-state index contributed by atoms with van der Waals surface area (Å²) in [7, 11) is 1.50. The summed E-state index contributed by atoms with van der Waals surface area (Å²) in [6.45, 7) is 1.66. The molecule has 0 bridgehead atoms. The van der Waals surface area contributed by atoms with Crippen molar-refractivity contribution in [1.82, 2.24) is 9.38 Å². The normalized spacial score (nSPS) is 10.5. The van der Waals surface area contributed by atoms with Gasteiger partial charge in [-0.2, -0.15) is 0 Å². The van der Waals surface area contributed by atoms with Crippen LogP contribution in [0.4, 0.5) is 0 Å². The van der Waals surface area contributed by atoms with Crippen molar-refractivity contribution in [3.63, 3.8) is 0 Å². The number of methoxy groups -OCH3 is 1. The fraction of sp³-hybridized carbons (Fsp3) is 0.200. The van der Waals surface area contributed by atoms with Crippen LogP contribution in [0.25, 0.3) is 5.65 Å². The Bertz CT molecular complexity index is 531. The first-order chi connectivity index (χ1) is 7.15. The maximum absolute atomic E-state index is 11.0. The Hall–Kier alpha value is -2.04. The lowest BCUT2D eigenvalue weighted by Crippen LogP contribution is -2.05. The third-order valence-electron chi connectivity index (χ3n) is 2.19. The van der Waals surface area contributed by atoms with Gasteiger partial charge in [0.2, 0.25) is 0 Å². The van der Waals surface area contributed by atoms with Crippen LogP contribution in [0.2, 0.25) is 0 Å². The molecule has 15 heavy (non-hydrogen) atoms. The summed E-state index contributed by atoms with van der Waals surface area (Å²) in [6.07, 6.45) is 0. The lowest BCUT2D eigenvalue weighted by molar-refractivity contribution is 0.0687. The Morgan fingerprint density at radius 3 is 2.87 bits per heavy atom. The molecule has 0 spiro atoms. The van der Waals surface area contributed by atoms with Crippen LogP contribution >= 0.6 is 0 Å². The van der Waals surface area contributed by atoms with Gasteiger partial charge in [-0.05, 0) is 19.1 Å². The molecule has 0 radical (unpaired) electrons. The largest absolute Gasteiger partial charge is 0.482 e. The number of ether oxygens (including phenoxy) is 1. The van der Waals surface area contributed by atoms with E-state index in [0.717, 1.165) is 0 Å². The van der Waals surface area contributed by atoms with Crippen molar-refractivity contribution in [1.29, 1.82) is 0 Å². The van der Waals surface area contributed by atoms with Crippen LogP contribution in [0.15, 0.2) is 18.2 Å². The van der Waals surface area contributed by atoms with Crippen molar-refractivity contribution >= 4 is 11.6 Å². The van der Waals surface area contributed by atoms with E-state index in [1.165, 1.54) is 11.5 Å². The Kier molecular flexibility index (Phi) is 2.07. The second-order valence-electron chi connectivity index (χ2n) is 3.11. The fourth-order valence-electron chi connectivity index (χ4n) is 1.59. The molecule has 2 aromatic rings. The summed E-state index contributed by atoms with van der Waals surface area (Å²) < 4.78 is 6.58. The highest BCUT2D eigenvalue weighted by atomic mass is 16.5. The zero-order chi connectivity index (χ0) is 11.0. The quantitative estimate of drug-likeness (QED) is 0.805. The molecular formula is C10H10N2O3. The van der Waals surface area contributed by atoms with E-state index < -0.39 is 5.97 Å². The first-order valence-electron chi connectivity index (χ1n) is 4.40. The zero-order valence-corrected chi connectivity index (χ0v) is 8.39. The van der Waals surface area contributed by atoms with E-state index in [4.69, 9.17) is 9.84 Å². The molecule has 0 saturated heterocycles. The average molecular weight is 206 g/mol. The van der Waals surface area contributed by atoms with Crippen LogP contribution in [0.1, 0.15) is 16.2 Å². The van der Waals surface area contributed by atoms with Gasteiger partial charge in [0, 0.05) is 0 Å². The molecule has 2 heterocycles. The van der Waals surface area contributed by atoms with Gasteiger partial charge in [0.15, 0.2) is 11.6 Å². The number of pyridine rings is 1. The standard InChI is InChI=1S/C10H10N2O3/c1-6-9(10(13)14)12-7(11-6)4-3-5-8(12)15-2/h3-5H,1-2H3,(H,13,14). The van der Waals surface area contributed by atoms with Gasteiger partial charge in [0.05, 0.1) is 12.8 Å². The lowest BCUT2D eigenvalue weighted by Gasteiger charge is -2.04. The van der Waals surface area contributed by atoms with E-state index in [1.54, 1.807) is 25.1 Å². The Morgan fingerprint density at radius 1 is 1.53 bits per heavy atom. The molecular weight excluding hydrogens is 196 g/mol. The van der Waals surface area contributed by atoms with Gasteiger partial charge in [-0.25, -0.2) is 9.78 Å². The lowest BCUT2D eigenvalue weighted by atomic mass is 10.3. The van der Waals surface area contributed by atoms with Crippen molar-refractivity contribution < 1.29 is 14.6 Å². The van der Waals surface area contributed by atoms with Crippen molar-refractivity contribution in [2.24, 2.45) is 0 Å². The molecule has 2 aromatic heterocycles. The predicted octanol–water partition coefficient (Wildman–Crippen LogP) is 1.35. The molecule has 0 aliphatic carbocycles. The summed E-state index contributed by atoms with van der Waals surface area (Å²) in [5.41, 5.74) is 1.19. The third-order valence-corrected chi connectivity index (χ3v) is 2.19. The number of carboxylic acid groups (broad SMARTS) is 1. The second kappa shape index (κ2) is 3.27. The van der Waals surface area contributed by atoms with Gasteiger partial charge >= 0.3 is 5.97 Å². The number of nitrogens with zero attached hydrogens (tertiary/aromatic N) is 2. The smallest absolute Gasteiger partial charge is 0.354 e. The predicted molar refractivity (Wildman–Crippen MR) is 53.4 cm³/mol. The molecule has 5 nitrogen and oxygen atoms in total. The number of aryl methyl sites for hydroxylation is 1. The molecule has 0 atom stereocenters. The number of carbonyl (C=O) groups is 1. The number of aromatic nitrogens is 2. The van der Waals surface area contributed by atoms with Crippen LogP contribution < -0.4 is 4.74 Å². The molecule has 0 aliphatic heterocycles. The number of carboxylic acids is 1. The fourth-order valence-corrected chi connectivity index (χ4v) is 1.59. The van der Waals surface area contributed by atoms with Crippen LogP contribution in [-0.4, -0.2) is 27.6 Å². The average Bonchev–Trinajstić information content (AvgIpc) is 2.53. The number of fused-ring (bicyclic) bond motifs is 1. The number of rotatable bonds is 2. The summed E-state index contributed by atoms with van der Waals surface area (Å²) >= 11 is 0. The van der Waals surface area contributed by atoms with E-state index in [9.17, 15) is 4.79 Å². The maximum Gasteiger partial charge on any atom is 0.354 e. The van der Waals surface area contributed by atoms with Crippen molar-refractivity contribution in [2.45, 2.75) is 6.92 Å². The van der Waals surface area contributed by atoms with Crippen molar-refractivity contribution in [3.05, 3.63) is 29.6 Å². The van der Waals surface area contributed by atoms with Crippen LogP contribution in [0.3, 0.4) is 0 Å². The van der Waals surface area contributed by atoms with Gasteiger partial charge in [-0.3, -0.25) is 4.40 Å². The van der Waals surface area contributed by atoms with E-state index in [-0.39, 0.29) is 5.69 Å². The molecule has 0 unspecified atom stereocenters. The number of hydrogen-bond donors (Lipinski definition) is 1. The van der Waals surface area contributed by atoms with Crippen LogP contribution in [0, 0.1) is 6.92 Å². The van der Waals surface area contributed by atoms with Crippen LogP contribution in [-0.2, 0) is 0 Å². The number of hydrogen-bond acceptors (Lipinski definition) is 3. The number of imidazole rings is 1. The molecule has 0 aromatic carbocycles. The van der Waals surface area contributed by atoms with Crippen molar-refractivity contribution in [3.8, 4) is 5.88 Å². The minimum Gasteiger partial charge on any atom is -0.482 e. The molecule has 78 valence electrons. The molecule has 1 N–H and O–H groups in total. The van der Waals surface area contributed by atoms with Crippen molar-refractivity contribution in [2.75, 3.05) is 7.11 Å². The maximum atomic E-state index is 11.0. The van der Waals surface area contributed by atoms with Gasteiger partial charge < -0.3 is 9.84 Å². The van der Waals surface area contributed by atoms with E-state index in [0.29, 0.717) is 17.2 Å². The SMILES string of the molecule is COc1cccc2nc(C)c(C(=O)O)n12. The topological polar surface area (TPSA) is 63.8 Å². The highest BCUT2D eigenvalue weighted by molar-refractivity contribution is 5.88. The van der Waals surface area contributed by atoms with Gasteiger partial charge in [-0.15, -0.1) is 0 Å². The monoisotopic (exact) mass is 206 g/mol.